The minimum absolute atomic E-state index is 0.0560. The number of anilines is 1. The number of hydrogen-bond acceptors (Lipinski definition) is 6. The molecule has 0 aromatic heterocycles. The molecule has 1 N–H and O–H groups in total. The monoisotopic (exact) mass is 463 g/mol. The lowest BCUT2D eigenvalue weighted by atomic mass is 10.1. The first-order chi connectivity index (χ1) is 14.6. The first kappa shape index (κ1) is 24.3. The molecule has 0 atom stereocenters. The largest absolute Gasteiger partial charge is 0.452 e. The van der Waals surface area contributed by atoms with Crippen molar-refractivity contribution < 1.29 is 22.7 Å². The number of amides is 1. The molecule has 2 rings (SSSR count). The molecule has 0 radical (unpaired) electrons. The number of esters is 1. The Balaban J connectivity index is 2.20. The molecule has 0 bridgehead atoms. The van der Waals surface area contributed by atoms with Crippen LogP contribution in [0.25, 0.3) is 0 Å². The molecule has 10 heteroatoms. The van der Waals surface area contributed by atoms with Gasteiger partial charge in [0, 0.05) is 12.2 Å². The van der Waals surface area contributed by atoms with Crippen LogP contribution >= 0.6 is 11.6 Å². The maximum atomic E-state index is 12.7. The summed E-state index contributed by atoms with van der Waals surface area (Å²) in [6.07, 6.45) is 0.106. The number of rotatable bonds is 8. The summed E-state index contributed by atoms with van der Waals surface area (Å²) in [5.41, 5.74) is 2.42. The second-order valence-corrected chi connectivity index (χ2v) is 8.99. The molecule has 0 heterocycles. The summed E-state index contributed by atoms with van der Waals surface area (Å²) >= 11 is 5.92. The van der Waals surface area contributed by atoms with E-state index in [0.29, 0.717) is 5.69 Å². The van der Waals surface area contributed by atoms with Gasteiger partial charge >= 0.3 is 5.97 Å². The first-order valence-corrected chi connectivity index (χ1v) is 11.1. The lowest BCUT2D eigenvalue weighted by Crippen LogP contribution is -2.35. The highest BCUT2D eigenvalue weighted by atomic mass is 35.5. The molecule has 0 unspecified atom stereocenters. The van der Waals surface area contributed by atoms with E-state index in [1.165, 1.54) is 24.1 Å². The number of hydrogen-bond donors (Lipinski definition) is 1. The SMILES string of the molecule is CNS(=O)(=O)c1cc(C(=O)OCC(=O)N(CCC#N)c2cc(C)cc(C)c2)ccc1Cl. The minimum atomic E-state index is -3.88. The fourth-order valence-electron chi connectivity index (χ4n) is 2.90. The molecule has 0 saturated carbocycles. The molecule has 31 heavy (non-hydrogen) atoms. The molecular formula is C21H22ClN3O5S. The highest BCUT2D eigenvalue weighted by molar-refractivity contribution is 7.89. The van der Waals surface area contributed by atoms with Gasteiger partial charge in [0.05, 0.1) is 23.1 Å². The zero-order chi connectivity index (χ0) is 23.2. The molecule has 0 saturated heterocycles. The standard InChI is InChI=1S/C21H22ClN3O5S/c1-14-9-15(2)11-17(10-14)25(8-4-7-23)20(26)13-30-21(27)16-5-6-18(22)19(12-16)31(28,29)24-3/h5-6,9-12,24H,4,8,13H2,1-3H3. The number of nitrogens with zero attached hydrogens (tertiary/aromatic N) is 2. The molecule has 0 spiro atoms. The predicted molar refractivity (Wildman–Crippen MR) is 116 cm³/mol. The summed E-state index contributed by atoms with van der Waals surface area (Å²) in [6, 6.07) is 11.2. The van der Waals surface area contributed by atoms with E-state index >= 15 is 0 Å². The Morgan fingerprint density at radius 2 is 1.81 bits per heavy atom. The van der Waals surface area contributed by atoms with Crippen LogP contribution in [0.2, 0.25) is 5.02 Å². The topological polar surface area (TPSA) is 117 Å². The van der Waals surface area contributed by atoms with Gasteiger partial charge in [-0.05, 0) is 62.4 Å². The quantitative estimate of drug-likeness (QED) is 0.601. The predicted octanol–water partition coefficient (Wildman–Crippen LogP) is 2.97. The van der Waals surface area contributed by atoms with Gasteiger partial charge in [-0.25, -0.2) is 17.9 Å². The van der Waals surface area contributed by atoms with Crippen LogP contribution in [0.5, 0.6) is 0 Å². The Morgan fingerprint density at radius 1 is 1.16 bits per heavy atom. The van der Waals surface area contributed by atoms with E-state index in [1.54, 1.807) is 12.1 Å². The van der Waals surface area contributed by atoms with E-state index in [2.05, 4.69) is 4.72 Å². The van der Waals surface area contributed by atoms with Crippen LogP contribution in [0.4, 0.5) is 5.69 Å². The Morgan fingerprint density at radius 3 is 2.39 bits per heavy atom. The van der Waals surface area contributed by atoms with Gasteiger partial charge in [0.25, 0.3) is 5.91 Å². The molecule has 0 aliphatic heterocycles. The van der Waals surface area contributed by atoms with Crippen molar-refractivity contribution in [3.05, 3.63) is 58.1 Å². The van der Waals surface area contributed by atoms with Gasteiger partial charge in [-0.2, -0.15) is 5.26 Å². The van der Waals surface area contributed by atoms with Gasteiger partial charge in [-0.3, -0.25) is 4.79 Å². The number of nitriles is 1. The van der Waals surface area contributed by atoms with Crippen molar-refractivity contribution in [2.45, 2.75) is 25.2 Å². The molecule has 1 amide bonds. The summed E-state index contributed by atoms with van der Waals surface area (Å²) in [7, 11) is -2.66. The molecule has 8 nitrogen and oxygen atoms in total. The van der Waals surface area contributed by atoms with Crippen LogP contribution in [0, 0.1) is 25.2 Å². The van der Waals surface area contributed by atoms with Gasteiger partial charge in [0.1, 0.15) is 4.90 Å². The second kappa shape index (κ2) is 10.4. The number of ether oxygens (including phenoxy) is 1. The molecule has 2 aromatic rings. The number of halogens is 1. The van der Waals surface area contributed by atoms with Crippen LogP contribution in [0.3, 0.4) is 0 Å². The lowest BCUT2D eigenvalue weighted by Gasteiger charge is -2.22. The van der Waals surface area contributed by atoms with Crippen LogP contribution in [-0.2, 0) is 19.6 Å². The van der Waals surface area contributed by atoms with Crippen molar-refractivity contribution in [1.29, 1.82) is 5.26 Å². The third-order valence-corrected chi connectivity index (χ3v) is 6.21. The van der Waals surface area contributed by atoms with E-state index in [-0.39, 0.29) is 28.4 Å². The Bertz CT molecular complexity index is 1120. The zero-order valence-electron chi connectivity index (χ0n) is 17.3. The molecule has 164 valence electrons. The molecule has 0 aliphatic carbocycles. The van der Waals surface area contributed by atoms with Crippen LogP contribution in [0.15, 0.2) is 41.3 Å². The van der Waals surface area contributed by atoms with Gasteiger partial charge in [0.2, 0.25) is 10.0 Å². The summed E-state index contributed by atoms with van der Waals surface area (Å²) in [5, 5.41) is 8.86. The minimum Gasteiger partial charge on any atom is -0.452 e. The normalized spacial score (nSPS) is 10.9. The fraction of sp³-hybridized carbons (Fsp3) is 0.286. The zero-order valence-corrected chi connectivity index (χ0v) is 18.9. The van der Waals surface area contributed by atoms with Gasteiger partial charge in [-0.15, -0.1) is 0 Å². The van der Waals surface area contributed by atoms with Gasteiger partial charge < -0.3 is 9.64 Å². The average molecular weight is 464 g/mol. The number of aryl methyl sites for hydroxylation is 2. The van der Waals surface area contributed by atoms with Crippen LogP contribution < -0.4 is 9.62 Å². The number of benzene rings is 2. The van der Waals surface area contributed by atoms with Crippen LogP contribution in [0.1, 0.15) is 27.9 Å². The smallest absolute Gasteiger partial charge is 0.338 e. The Hall–Kier alpha value is -2.93. The summed E-state index contributed by atoms with van der Waals surface area (Å²) in [5.74, 6) is -1.39. The van der Waals surface area contributed by atoms with Gasteiger partial charge in [-0.1, -0.05) is 17.7 Å². The third-order valence-electron chi connectivity index (χ3n) is 4.32. The highest BCUT2D eigenvalue weighted by Gasteiger charge is 2.21. The average Bonchev–Trinajstić information content (AvgIpc) is 2.71. The van der Waals surface area contributed by atoms with Crippen molar-refractivity contribution in [3.8, 4) is 6.07 Å². The van der Waals surface area contributed by atoms with Crippen molar-refractivity contribution >= 4 is 39.2 Å². The lowest BCUT2D eigenvalue weighted by molar-refractivity contribution is -0.121. The van der Waals surface area contributed by atoms with E-state index in [9.17, 15) is 18.0 Å². The van der Waals surface area contributed by atoms with Crippen molar-refractivity contribution in [1.82, 2.24) is 4.72 Å². The summed E-state index contributed by atoms with van der Waals surface area (Å²) < 4.78 is 31.3. The maximum Gasteiger partial charge on any atom is 0.338 e. The number of carbonyl (C=O) groups is 2. The molecular weight excluding hydrogens is 442 g/mol. The summed E-state index contributed by atoms with van der Waals surface area (Å²) in [4.78, 5) is 26.3. The third kappa shape index (κ3) is 6.28. The second-order valence-electron chi connectivity index (χ2n) is 6.73. The maximum absolute atomic E-state index is 12.7. The molecule has 0 aliphatic rings. The Kier molecular flexibility index (Phi) is 8.16. The highest BCUT2D eigenvalue weighted by Crippen LogP contribution is 2.23. The van der Waals surface area contributed by atoms with Crippen LogP contribution in [-0.4, -0.2) is 40.5 Å². The van der Waals surface area contributed by atoms with Crippen molar-refractivity contribution in [3.63, 3.8) is 0 Å². The summed E-state index contributed by atoms with van der Waals surface area (Å²) in [6.45, 7) is 3.34. The number of sulfonamides is 1. The van der Waals surface area contributed by atoms with Gasteiger partial charge in [0.15, 0.2) is 6.61 Å². The van der Waals surface area contributed by atoms with Crippen molar-refractivity contribution in [2.24, 2.45) is 0 Å². The molecule has 2 aromatic carbocycles. The van der Waals surface area contributed by atoms with E-state index < -0.39 is 28.5 Å². The van der Waals surface area contributed by atoms with E-state index in [4.69, 9.17) is 21.6 Å². The Labute approximate surface area is 186 Å². The van der Waals surface area contributed by atoms with E-state index in [1.807, 2.05) is 26.0 Å². The van der Waals surface area contributed by atoms with E-state index in [0.717, 1.165) is 17.2 Å². The number of nitrogens with one attached hydrogen (secondary N) is 1. The van der Waals surface area contributed by atoms with Crippen molar-refractivity contribution in [2.75, 3.05) is 25.1 Å². The number of carbonyl (C=O) groups excluding carboxylic acids is 2. The fourth-order valence-corrected chi connectivity index (χ4v) is 4.15. The molecule has 0 fully saturated rings. The first-order valence-electron chi connectivity index (χ1n) is 9.25.